The van der Waals surface area contributed by atoms with E-state index in [2.05, 4.69) is 58.3 Å². The zero-order valence-corrected chi connectivity index (χ0v) is 19.5. The van der Waals surface area contributed by atoms with Crippen LogP contribution in [0.5, 0.6) is 0 Å². The Kier molecular flexibility index (Phi) is 7.78. The maximum absolute atomic E-state index is 6.04. The van der Waals surface area contributed by atoms with Crippen LogP contribution in [0.25, 0.3) is 0 Å². The number of guanidine groups is 1. The summed E-state index contributed by atoms with van der Waals surface area (Å²) in [5.74, 6) is 0.954. The predicted molar refractivity (Wildman–Crippen MR) is 126 cm³/mol. The van der Waals surface area contributed by atoms with Gasteiger partial charge in [-0.15, -0.1) is 0 Å². The summed E-state index contributed by atoms with van der Waals surface area (Å²) in [5, 5.41) is 7.81. The van der Waals surface area contributed by atoms with Gasteiger partial charge in [-0.05, 0) is 19.4 Å². The van der Waals surface area contributed by atoms with Crippen molar-refractivity contribution >= 4 is 5.96 Å². The number of aliphatic imine (C=N–C) groups is 1. The molecule has 2 saturated heterocycles. The van der Waals surface area contributed by atoms with Crippen LogP contribution in [0.1, 0.15) is 35.8 Å². The van der Waals surface area contributed by atoms with Gasteiger partial charge < -0.3 is 19.7 Å². The van der Waals surface area contributed by atoms with Crippen LogP contribution in [0.3, 0.4) is 0 Å². The van der Waals surface area contributed by atoms with E-state index in [1.54, 1.807) is 0 Å². The van der Waals surface area contributed by atoms with Gasteiger partial charge in [0.2, 0.25) is 0 Å². The molecule has 0 saturated carbocycles. The molecule has 0 spiro atoms. The standard InChI is InChI=1S/C24H36N6O2/c1-4-25-24(30-10-13-32-23(18-30)21-15-27-28(3)17-21)26-16-22(29-8-11-31-12-9-29)20-7-5-6-19(2)14-20/h5-7,14-15,17,22-23H,4,8-13,16,18H2,1-3H3,(H,25,26). The Morgan fingerprint density at radius 3 is 2.81 bits per heavy atom. The van der Waals surface area contributed by atoms with Gasteiger partial charge in [0, 0.05) is 45.0 Å². The minimum absolute atomic E-state index is 0.00752. The van der Waals surface area contributed by atoms with Gasteiger partial charge in [-0.2, -0.15) is 5.10 Å². The third-order valence-corrected chi connectivity index (χ3v) is 6.12. The van der Waals surface area contributed by atoms with E-state index in [0.29, 0.717) is 13.2 Å². The van der Waals surface area contributed by atoms with Gasteiger partial charge in [0.1, 0.15) is 6.10 Å². The van der Waals surface area contributed by atoms with E-state index in [-0.39, 0.29) is 12.1 Å². The highest BCUT2D eigenvalue weighted by Crippen LogP contribution is 2.25. The fourth-order valence-corrected chi connectivity index (χ4v) is 4.45. The Hall–Kier alpha value is -2.42. The lowest BCUT2D eigenvalue weighted by molar-refractivity contribution is -0.00823. The average Bonchev–Trinajstić information content (AvgIpc) is 3.26. The summed E-state index contributed by atoms with van der Waals surface area (Å²) in [6.07, 6.45) is 3.93. The van der Waals surface area contributed by atoms with Crippen molar-refractivity contribution in [1.82, 2.24) is 24.9 Å². The molecule has 2 aliphatic heterocycles. The summed E-state index contributed by atoms with van der Waals surface area (Å²) in [4.78, 5) is 9.94. The first-order valence-electron chi connectivity index (χ1n) is 11.7. The molecule has 2 atom stereocenters. The first-order valence-corrected chi connectivity index (χ1v) is 11.7. The molecular formula is C24H36N6O2. The average molecular weight is 441 g/mol. The van der Waals surface area contributed by atoms with Crippen LogP contribution < -0.4 is 5.32 Å². The molecule has 0 bridgehead atoms. The molecule has 174 valence electrons. The van der Waals surface area contributed by atoms with Crippen LogP contribution in [0, 0.1) is 6.92 Å². The molecule has 2 aliphatic rings. The van der Waals surface area contributed by atoms with Crippen LogP contribution in [0.2, 0.25) is 0 Å². The van der Waals surface area contributed by atoms with Crippen LogP contribution >= 0.6 is 0 Å². The SMILES string of the molecule is CCNC(=NCC(c1cccc(C)c1)N1CCOCC1)N1CCOC(c2cnn(C)c2)C1. The van der Waals surface area contributed by atoms with Crippen molar-refractivity contribution in [2.24, 2.45) is 12.0 Å². The highest BCUT2D eigenvalue weighted by molar-refractivity contribution is 5.80. The van der Waals surface area contributed by atoms with Crippen molar-refractivity contribution in [1.29, 1.82) is 0 Å². The monoisotopic (exact) mass is 440 g/mol. The topological polar surface area (TPSA) is 67.2 Å². The fraction of sp³-hybridized carbons (Fsp3) is 0.583. The summed E-state index contributed by atoms with van der Waals surface area (Å²) in [6, 6.07) is 9.05. The maximum atomic E-state index is 6.04. The lowest BCUT2D eigenvalue weighted by Gasteiger charge is -2.36. The van der Waals surface area contributed by atoms with Crippen molar-refractivity contribution in [2.45, 2.75) is 26.0 Å². The van der Waals surface area contributed by atoms with Gasteiger partial charge >= 0.3 is 0 Å². The van der Waals surface area contributed by atoms with Crippen molar-refractivity contribution in [3.8, 4) is 0 Å². The van der Waals surface area contributed by atoms with E-state index in [1.807, 2.05) is 24.1 Å². The lowest BCUT2D eigenvalue weighted by atomic mass is 10.0. The molecule has 8 heteroatoms. The van der Waals surface area contributed by atoms with E-state index in [9.17, 15) is 0 Å². The molecule has 2 fully saturated rings. The highest BCUT2D eigenvalue weighted by Gasteiger charge is 2.27. The number of nitrogens with one attached hydrogen (secondary N) is 1. The van der Waals surface area contributed by atoms with E-state index < -0.39 is 0 Å². The van der Waals surface area contributed by atoms with Crippen LogP contribution in [0.15, 0.2) is 41.7 Å². The third kappa shape index (κ3) is 5.68. The quantitative estimate of drug-likeness (QED) is 0.548. The molecule has 2 aromatic rings. The molecule has 8 nitrogen and oxygen atoms in total. The fourth-order valence-electron chi connectivity index (χ4n) is 4.45. The summed E-state index contributed by atoms with van der Waals surface area (Å²) >= 11 is 0. The molecule has 2 unspecified atom stereocenters. The smallest absolute Gasteiger partial charge is 0.194 e. The number of aryl methyl sites for hydroxylation is 2. The van der Waals surface area contributed by atoms with E-state index in [1.165, 1.54) is 11.1 Å². The molecular weight excluding hydrogens is 404 g/mol. The Morgan fingerprint density at radius 1 is 1.25 bits per heavy atom. The predicted octanol–water partition coefficient (Wildman–Crippen LogP) is 2.14. The molecule has 4 rings (SSSR count). The molecule has 32 heavy (non-hydrogen) atoms. The number of benzene rings is 1. The van der Waals surface area contributed by atoms with Crippen molar-refractivity contribution in [3.05, 3.63) is 53.3 Å². The Morgan fingerprint density at radius 2 is 2.09 bits per heavy atom. The van der Waals surface area contributed by atoms with Gasteiger partial charge in [0.15, 0.2) is 5.96 Å². The molecule has 3 heterocycles. The number of nitrogens with zero attached hydrogens (tertiary/aromatic N) is 5. The summed E-state index contributed by atoms with van der Waals surface area (Å²) in [7, 11) is 1.94. The minimum atomic E-state index is 0.00752. The van der Waals surface area contributed by atoms with Gasteiger partial charge in [0.25, 0.3) is 0 Å². The summed E-state index contributed by atoms with van der Waals surface area (Å²) < 4.78 is 13.5. The first kappa shape index (κ1) is 22.8. The van der Waals surface area contributed by atoms with Crippen molar-refractivity contribution in [2.75, 3.05) is 59.1 Å². The Balaban J connectivity index is 1.52. The summed E-state index contributed by atoms with van der Waals surface area (Å²) in [5.41, 5.74) is 3.71. The van der Waals surface area contributed by atoms with E-state index in [4.69, 9.17) is 14.5 Å². The van der Waals surface area contributed by atoms with Crippen LogP contribution in [0.4, 0.5) is 0 Å². The molecule has 0 aliphatic carbocycles. The van der Waals surface area contributed by atoms with Gasteiger partial charge in [-0.25, -0.2) is 0 Å². The third-order valence-electron chi connectivity index (χ3n) is 6.12. The Bertz CT molecular complexity index is 892. The zero-order chi connectivity index (χ0) is 22.3. The maximum Gasteiger partial charge on any atom is 0.194 e. The highest BCUT2D eigenvalue weighted by atomic mass is 16.5. The number of ether oxygens (including phenoxy) is 2. The zero-order valence-electron chi connectivity index (χ0n) is 19.5. The van der Waals surface area contributed by atoms with E-state index in [0.717, 1.165) is 57.5 Å². The normalized spacial score (nSPS) is 21.5. The molecule has 0 radical (unpaired) electrons. The van der Waals surface area contributed by atoms with Crippen LogP contribution in [-0.2, 0) is 16.5 Å². The van der Waals surface area contributed by atoms with Gasteiger partial charge in [-0.1, -0.05) is 29.8 Å². The molecule has 0 amide bonds. The molecule has 1 aromatic carbocycles. The second kappa shape index (κ2) is 10.9. The second-order valence-electron chi connectivity index (χ2n) is 8.53. The number of hydrogen-bond acceptors (Lipinski definition) is 5. The second-order valence-corrected chi connectivity index (χ2v) is 8.53. The molecule has 1 aromatic heterocycles. The number of morpholine rings is 2. The number of hydrogen-bond donors (Lipinski definition) is 1. The van der Waals surface area contributed by atoms with Crippen molar-refractivity contribution < 1.29 is 9.47 Å². The first-order chi connectivity index (χ1) is 15.6. The minimum Gasteiger partial charge on any atom is -0.379 e. The lowest BCUT2D eigenvalue weighted by Crippen LogP contribution is -2.48. The molecule has 1 N–H and O–H groups in total. The van der Waals surface area contributed by atoms with Gasteiger partial charge in [0.05, 0.1) is 45.1 Å². The Labute approximate surface area is 191 Å². The summed E-state index contributed by atoms with van der Waals surface area (Å²) in [6.45, 7) is 11.5. The van der Waals surface area contributed by atoms with E-state index >= 15 is 0 Å². The largest absolute Gasteiger partial charge is 0.379 e. The van der Waals surface area contributed by atoms with Crippen molar-refractivity contribution in [3.63, 3.8) is 0 Å². The number of rotatable bonds is 6. The van der Waals surface area contributed by atoms with Gasteiger partial charge in [-0.3, -0.25) is 14.6 Å². The number of aromatic nitrogens is 2. The van der Waals surface area contributed by atoms with Crippen LogP contribution in [-0.4, -0.2) is 84.6 Å².